The van der Waals surface area contributed by atoms with E-state index in [9.17, 15) is 19.5 Å². The number of likely N-dealkylation sites (tertiary alicyclic amines) is 1. The van der Waals surface area contributed by atoms with Crippen molar-refractivity contribution in [1.82, 2.24) is 10.2 Å². The number of hydrogen-bond donors (Lipinski definition) is 2. The van der Waals surface area contributed by atoms with Gasteiger partial charge in [0.2, 0.25) is 11.8 Å². The highest BCUT2D eigenvalue weighted by molar-refractivity contribution is 5.91. The summed E-state index contributed by atoms with van der Waals surface area (Å²) in [4.78, 5) is 37.5. The van der Waals surface area contributed by atoms with Gasteiger partial charge < -0.3 is 15.3 Å². The molecule has 0 bridgehead atoms. The lowest BCUT2D eigenvalue weighted by Crippen LogP contribution is -2.47. The Balaban J connectivity index is 1.96. The quantitative estimate of drug-likeness (QED) is 0.795. The predicted molar refractivity (Wildman–Crippen MR) is 89.0 cm³/mol. The molecule has 0 spiro atoms. The summed E-state index contributed by atoms with van der Waals surface area (Å²) in [6.45, 7) is 4.47. The molecule has 1 saturated heterocycles. The number of hydrogen-bond acceptors (Lipinski definition) is 3. The van der Waals surface area contributed by atoms with Gasteiger partial charge in [-0.1, -0.05) is 50.6 Å². The second kappa shape index (κ2) is 7.95. The Labute approximate surface area is 141 Å². The van der Waals surface area contributed by atoms with Crippen LogP contribution >= 0.6 is 0 Å². The Kier molecular flexibility index (Phi) is 5.95. The SMILES string of the molecule is CCC(C)C(NC(=O)C1CC(=O)N(Cc2ccccc2)C1)C(=O)O. The lowest BCUT2D eigenvalue weighted by Gasteiger charge is -2.22. The molecule has 2 amide bonds. The monoisotopic (exact) mass is 332 g/mol. The third kappa shape index (κ3) is 4.34. The first-order chi connectivity index (χ1) is 11.4. The van der Waals surface area contributed by atoms with Crippen molar-refractivity contribution in [3.8, 4) is 0 Å². The molecule has 6 heteroatoms. The van der Waals surface area contributed by atoms with Crippen molar-refractivity contribution in [1.29, 1.82) is 0 Å². The molecule has 2 rings (SSSR count). The van der Waals surface area contributed by atoms with Crippen LogP contribution in [-0.2, 0) is 20.9 Å². The molecule has 130 valence electrons. The second-order valence-electron chi connectivity index (χ2n) is 6.37. The van der Waals surface area contributed by atoms with Crippen LogP contribution in [0.3, 0.4) is 0 Å². The van der Waals surface area contributed by atoms with Crippen molar-refractivity contribution < 1.29 is 19.5 Å². The molecule has 3 unspecified atom stereocenters. The van der Waals surface area contributed by atoms with Crippen LogP contribution in [0, 0.1) is 11.8 Å². The zero-order valence-corrected chi connectivity index (χ0v) is 14.1. The lowest BCUT2D eigenvalue weighted by atomic mass is 9.98. The Morgan fingerprint density at radius 2 is 2.00 bits per heavy atom. The van der Waals surface area contributed by atoms with Crippen LogP contribution in [0.15, 0.2) is 30.3 Å². The van der Waals surface area contributed by atoms with Crippen molar-refractivity contribution in [3.63, 3.8) is 0 Å². The third-order valence-corrected chi connectivity index (χ3v) is 4.58. The van der Waals surface area contributed by atoms with Gasteiger partial charge in [0.25, 0.3) is 0 Å². The maximum Gasteiger partial charge on any atom is 0.326 e. The molecular weight excluding hydrogens is 308 g/mol. The van der Waals surface area contributed by atoms with Crippen LogP contribution in [0.1, 0.15) is 32.3 Å². The highest BCUT2D eigenvalue weighted by Gasteiger charge is 2.36. The first kappa shape index (κ1) is 18.0. The first-order valence-electron chi connectivity index (χ1n) is 8.27. The second-order valence-corrected chi connectivity index (χ2v) is 6.37. The molecule has 2 N–H and O–H groups in total. The van der Waals surface area contributed by atoms with Crippen molar-refractivity contribution in [2.24, 2.45) is 11.8 Å². The van der Waals surface area contributed by atoms with Crippen LogP contribution in [0.25, 0.3) is 0 Å². The summed E-state index contributed by atoms with van der Waals surface area (Å²) >= 11 is 0. The summed E-state index contributed by atoms with van der Waals surface area (Å²) in [5.41, 5.74) is 1.01. The minimum atomic E-state index is -1.04. The summed E-state index contributed by atoms with van der Waals surface area (Å²) in [6, 6.07) is 8.68. The predicted octanol–water partition coefficient (Wildman–Crippen LogP) is 1.65. The van der Waals surface area contributed by atoms with Gasteiger partial charge in [0.15, 0.2) is 0 Å². The summed E-state index contributed by atoms with van der Waals surface area (Å²) in [6.07, 6.45) is 0.784. The van der Waals surface area contributed by atoms with Crippen molar-refractivity contribution >= 4 is 17.8 Å². The van der Waals surface area contributed by atoms with Gasteiger partial charge in [-0.3, -0.25) is 9.59 Å². The van der Waals surface area contributed by atoms with Gasteiger partial charge in [0.1, 0.15) is 6.04 Å². The van der Waals surface area contributed by atoms with E-state index in [1.54, 1.807) is 11.8 Å². The summed E-state index contributed by atoms with van der Waals surface area (Å²) in [5.74, 6) is -2.12. The first-order valence-corrected chi connectivity index (χ1v) is 8.27. The van der Waals surface area contributed by atoms with Crippen LogP contribution in [0.4, 0.5) is 0 Å². The molecule has 3 atom stereocenters. The van der Waals surface area contributed by atoms with Crippen molar-refractivity contribution in [3.05, 3.63) is 35.9 Å². The van der Waals surface area contributed by atoms with E-state index in [1.165, 1.54) is 0 Å². The fraction of sp³-hybridized carbons (Fsp3) is 0.500. The van der Waals surface area contributed by atoms with Gasteiger partial charge in [0.05, 0.1) is 5.92 Å². The Morgan fingerprint density at radius 3 is 2.58 bits per heavy atom. The zero-order chi connectivity index (χ0) is 17.7. The Hall–Kier alpha value is -2.37. The number of aliphatic carboxylic acids is 1. The van der Waals surface area contributed by atoms with E-state index in [-0.39, 0.29) is 24.2 Å². The smallest absolute Gasteiger partial charge is 0.326 e. The fourth-order valence-corrected chi connectivity index (χ4v) is 2.86. The number of carboxylic acid groups (broad SMARTS) is 1. The number of amides is 2. The Bertz CT molecular complexity index is 602. The molecule has 1 fully saturated rings. The molecule has 0 aliphatic carbocycles. The number of nitrogens with zero attached hydrogens (tertiary/aromatic N) is 1. The standard InChI is InChI=1S/C18H24N2O4/c1-3-12(2)16(18(23)24)19-17(22)14-9-15(21)20(11-14)10-13-7-5-4-6-8-13/h4-8,12,14,16H,3,9-11H2,1-2H3,(H,19,22)(H,23,24). The van der Waals surface area contributed by atoms with E-state index in [0.717, 1.165) is 5.56 Å². The van der Waals surface area contributed by atoms with E-state index >= 15 is 0 Å². The number of carbonyl (C=O) groups excluding carboxylic acids is 2. The molecule has 1 aliphatic rings. The van der Waals surface area contributed by atoms with Crippen molar-refractivity contribution in [2.75, 3.05) is 6.54 Å². The van der Waals surface area contributed by atoms with Crippen molar-refractivity contribution in [2.45, 2.75) is 39.3 Å². The van der Waals surface area contributed by atoms with Gasteiger partial charge in [-0.15, -0.1) is 0 Å². The maximum atomic E-state index is 12.4. The zero-order valence-electron chi connectivity index (χ0n) is 14.1. The molecule has 1 heterocycles. The van der Waals surface area contributed by atoms with Crippen LogP contribution < -0.4 is 5.32 Å². The molecule has 0 saturated carbocycles. The highest BCUT2D eigenvalue weighted by Crippen LogP contribution is 2.21. The van der Waals surface area contributed by atoms with Gasteiger partial charge in [-0.25, -0.2) is 4.79 Å². The van der Waals surface area contributed by atoms with Gasteiger partial charge in [-0.05, 0) is 11.5 Å². The van der Waals surface area contributed by atoms with Crippen LogP contribution in [0.5, 0.6) is 0 Å². The molecule has 24 heavy (non-hydrogen) atoms. The number of carboxylic acids is 1. The summed E-state index contributed by atoms with van der Waals surface area (Å²) in [7, 11) is 0. The molecule has 1 aliphatic heterocycles. The van der Waals surface area contributed by atoms with E-state index in [4.69, 9.17) is 0 Å². The van der Waals surface area contributed by atoms with Crippen LogP contribution in [-0.4, -0.2) is 40.4 Å². The summed E-state index contributed by atoms with van der Waals surface area (Å²) < 4.78 is 0. The largest absolute Gasteiger partial charge is 0.480 e. The number of rotatable bonds is 7. The van der Waals surface area contributed by atoms with E-state index in [1.807, 2.05) is 37.3 Å². The van der Waals surface area contributed by atoms with E-state index in [2.05, 4.69) is 5.32 Å². The fourth-order valence-electron chi connectivity index (χ4n) is 2.86. The number of benzene rings is 1. The van der Waals surface area contributed by atoms with Gasteiger partial charge in [0, 0.05) is 19.5 Å². The molecule has 1 aromatic rings. The molecular formula is C18H24N2O4. The number of nitrogens with one attached hydrogen (secondary N) is 1. The maximum absolute atomic E-state index is 12.4. The molecule has 0 aromatic heterocycles. The third-order valence-electron chi connectivity index (χ3n) is 4.58. The summed E-state index contributed by atoms with van der Waals surface area (Å²) in [5, 5.41) is 11.9. The van der Waals surface area contributed by atoms with E-state index in [0.29, 0.717) is 19.5 Å². The average Bonchev–Trinajstić information content (AvgIpc) is 2.93. The Morgan fingerprint density at radius 1 is 1.33 bits per heavy atom. The average molecular weight is 332 g/mol. The normalized spacial score (nSPS) is 19.8. The topological polar surface area (TPSA) is 86.7 Å². The minimum absolute atomic E-state index is 0.0746. The van der Waals surface area contributed by atoms with Gasteiger partial charge >= 0.3 is 5.97 Å². The minimum Gasteiger partial charge on any atom is -0.480 e. The molecule has 6 nitrogen and oxygen atoms in total. The highest BCUT2D eigenvalue weighted by atomic mass is 16.4. The lowest BCUT2D eigenvalue weighted by molar-refractivity contribution is -0.143. The van der Waals surface area contributed by atoms with Crippen LogP contribution in [0.2, 0.25) is 0 Å². The van der Waals surface area contributed by atoms with E-state index < -0.39 is 17.9 Å². The number of carbonyl (C=O) groups is 3. The molecule has 1 aromatic carbocycles. The molecule has 0 radical (unpaired) electrons. The van der Waals surface area contributed by atoms with Gasteiger partial charge in [-0.2, -0.15) is 0 Å².